The van der Waals surface area contributed by atoms with Crippen molar-refractivity contribution in [3.05, 3.63) is 69.6 Å². The van der Waals surface area contributed by atoms with E-state index in [9.17, 15) is 14.0 Å². The molecule has 33 heavy (non-hydrogen) atoms. The second-order valence-corrected chi connectivity index (χ2v) is 9.36. The normalized spacial score (nSPS) is 12.9. The van der Waals surface area contributed by atoms with Crippen LogP contribution in [0.4, 0.5) is 4.39 Å². The maximum absolute atomic E-state index is 14.8. The number of carbonyl (C=O) groups excluding carboxylic acids is 1. The largest absolute Gasteiger partial charge is 0.473 e. The maximum atomic E-state index is 14.8. The van der Waals surface area contributed by atoms with Crippen molar-refractivity contribution in [1.82, 2.24) is 14.3 Å². The average Bonchev–Trinajstić information content (AvgIpc) is 3.15. The number of carbonyl (C=O) groups is 1. The van der Waals surface area contributed by atoms with E-state index in [1.807, 2.05) is 19.1 Å². The lowest BCUT2D eigenvalue weighted by Crippen LogP contribution is -2.43. The molecule has 0 spiro atoms. The van der Waals surface area contributed by atoms with Crippen LogP contribution in [0.3, 0.4) is 0 Å². The summed E-state index contributed by atoms with van der Waals surface area (Å²) in [5.74, 6) is -0.942. The zero-order valence-electron chi connectivity index (χ0n) is 18.6. The fourth-order valence-electron chi connectivity index (χ4n) is 3.19. The van der Waals surface area contributed by atoms with E-state index in [2.05, 4.69) is 21.0 Å². The number of benzene rings is 2. The van der Waals surface area contributed by atoms with Crippen molar-refractivity contribution >= 4 is 33.7 Å². The molecule has 1 heterocycles. The third-order valence-corrected chi connectivity index (χ3v) is 6.35. The highest BCUT2D eigenvalue weighted by Crippen LogP contribution is 2.30. The molecule has 0 aliphatic rings. The number of esters is 1. The molecule has 0 aliphatic heterocycles. The van der Waals surface area contributed by atoms with Gasteiger partial charge in [-0.2, -0.15) is 5.10 Å². The van der Waals surface area contributed by atoms with Crippen molar-refractivity contribution in [1.29, 1.82) is 0 Å². The first kappa shape index (κ1) is 25.0. The van der Waals surface area contributed by atoms with Crippen molar-refractivity contribution < 1.29 is 18.7 Å². The van der Waals surface area contributed by atoms with Crippen LogP contribution < -0.4 is 10.4 Å². The summed E-state index contributed by atoms with van der Waals surface area (Å²) in [6.07, 6.45) is 2.52. The monoisotopic (exact) mass is 537 g/mol. The van der Waals surface area contributed by atoms with Gasteiger partial charge in [-0.15, -0.1) is 11.8 Å². The molecule has 7 nitrogen and oxygen atoms in total. The Morgan fingerprint density at radius 3 is 2.58 bits per heavy atom. The smallest absolute Gasteiger partial charge is 0.351 e. The standard InChI is InChI=1S/C23H25BrFN3O4S/c1-4-12-23(3,21(29)31-5-2)32-20-11-10-18(13-19(20)25)33-15-28-22(30)27(14-26-28)17-8-6-16(24)7-9-17/h6-11,13-14H,4-5,12,15H2,1-3H3. The minimum absolute atomic E-state index is 0.0277. The van der Waals surface area contributed by atoms with Gasteiger partial charge in [0.2, 0.25) is 5.60 Å². The van der Waals surface area contributed by atoms with Crippen molar-refractivity contribution in [2.24, 2.45) is 0 Å². The van der Waals surface area contributed by atoms with Gasteiger partial charge in [-0.3, -0.25) is 0 Å². The summed E-state index contributed by atoms with van der Waals surface area (Å²) in [7, 11) is 0. The van der Waals surface area contributed by atoms with Crippen LogP contribution in [0.25, 0.3) is 5.69 Å². The molecule has 3 rings (SSSR count). The molecule has 0 bridgehead atoms. The van der Waals surface area contributed by atoms with Gasteiger partial charge in [-0.1, -0.05) is 29.3 Å². The number of halogens is 2. The number of ether oxygens (including phenoxy) is 2. The van der Waals surface area contributed by atoms with Crippen LogP contribution in [0.2, 0.25) is 0 Å². The number of hydrogen-bond donors (Lipinski definition) is 0. The molecule has 0 fully saturated rings. The first-order valence-electron chi connectivity index (χ1n) is 10.5. The molecule has 0 N–H and O–H groups in total. The van der Waals surface area contributed by atoms with Gasteiger partial charge in [0.25, 0.3) is 0 Å². The van der Waals surface area contributed by atoms with Crippen LogP contribution in [0.15, 0.2) is 63.0 Å². The first-order chi connectivity index (χ1) is 15.8. The SMILES string of the molecule is CCCC(C)(Oc1ccc(SCn2ncn(-c3ccc(Br)cc3)c2=O)cc1F)C(=O)OCC. The minimum atomic E-state index is -1.27. The summed E-state index contributed by atoms with van der Waals surface area (Å²) in [5, 5.41) is 4.14. The van der Waals surface area contributed by atoms with Gasteiger partial charge >= 0.3 is 11.7 Å². The number of thioether (sulfide) groups is 1. The summed E-state index contributed by atoms with van der Waals surface area (Å²) in [4.78, 5) is 25.6. The molecule has 176 valence electrons. The molecule has 3 aromatic rings. The van der Waals surface area contributed by atoms with Gasteiger partial charge in [0.1, 0.15) is 6.33 Å². The molecule has 1 unspecified atom stereocenters. The Labute approximate surface area is 204 Å². The molecule has 1 atom stereocenters. The first-order valence-corrected chi connectivity index (χ1v) is 12.2. The van der Waals surface area contributed by atoms with Gasteiger partial charge in [-0.25, -0.2) is 23.2 Å². The number of nitrogens with zero attached hydrogens (tertiary/aromatic N) is 3. The molecule has 0 amide bonds. The Balaban J connectivity index is 1.70. The van der Waals surface area contributed by atoms with E-state index >= 15 is 0 Å². The molecule has 0 aliphatic carbocycles. The average molecular weight is 538 g/mol. The summed E-state index contributed by atoms with van der Waals surface area (Å²) in [5.41, 5.74) is -0.869. The maximum Gasteiger partial charge on any atom is 0.351 e. The zero-order valence-corrected chi connectivity index (χ0v) is 21.0. The summed E-state index contributed by atoms with van der Waals surface area (Å²) in [6, 6.07) is 11.8. The van der Waals surface area contributed by atoms with Crippen molar-refractivity contribution in [3.8, 4) is 11.4 Å². The second-order valence-electron chi connectivity index (χ2n) is 7.43. The van der Waals surface area contributed by atoms with Crippen LogP contribution in [-0.2, 0) is 15.4 Å². The molecule has 0 saturated carbocycles. The highest BCUT2D eigenvalue weighted by Gasteiger charge is 2.37. The Kier molecular flexibility index (Phi) is 8.36. The lowest BCUT2D eigenvalue weighted by atomic mass is 10.0. The van der Waals surface area contributed by atoms with Gasteiger partial charge in [0, 0.05) is 9.37 Å². The van der Waals surface area contributed by atoms with Crippen molar-refractivity contribution in [2.45, 2.75) is 50.0 Å². The van der Waals surface area contributed by atoms with Crippen molar-refractivity contribution in [2.75, 3.05) is 6.61 Å². The number of aromatic nitrogens is 3. The molecule has 2 aromatic carbocycles. The minimum Gasteiger partial charge on any atom is -0.473 e. The fourth-order valence-corrected chi connectivity index (χ4v) is 4.26. The third kappa shape index (κ3) is 6.05. The van der Waals surface area contributed by atoms with Gasteiger partial charge in [0.05, 0.1) is 18.2 Å². The van der Waals surface area contributed by atoms with Crippen LogP contribution in [0.1, 0.15) is 33.6 Å². The van der Waals surface area contributed by atoms with E-state index < -0.39 is 17.4 Å². The van der Waals surface area contributed by atoms with Gasteiger partial charge in [0.15, 0.2) is 11.6 Å². The molecule has 1 aromatic heterocycles. The fraction of sp³-hybridized carbons (Fsp3) is 0.348. The van der Waals surface area contributed by atoms with E-state index in [-0.39, 0.29) is 23.9 Å². The van der Waals surface area contributed by atoms with E-state index in [1.54, 1.807) is 32.0 Å². The zero-order chi connectivity index (χ0) is 24.0. The quantitative estimate of drug-likeness (QED) is 0.262. The topological polar surface area (TPSA) is 75.4 Å². The molecule has 10 heteroatoms. The van der Waals surface area contributed by atoms with Gasteiger partial charge in [-0.05, 0) is 62.7 Å². The Hall–Kier alpha value is -2.59. The van der Waals surface area contributed by atoms with Crippen LogP contribution in [0.5, 0.6) is 5.75 Å². The second kappa shape index (κ2) is 11.0. The lowest BCUT2D eigenvalue weighted by Gasteiger charge is -2.28. The van der Waals surface area contributed by atoms with Crippen LogP contribution in [0, 0.1) is 5.82 Å². The summed E-state index contributed by atoms with van der Waals surface area (Å²) in [6.45, 7) is 5.45. The van der Waals surface area contributed by atoms with Crippen molar-refractivity contribution in [3.63, 3.8) is 0 Å². The summed E-state index contributed by atoms with van der Waals surface area (Å²) >= 11 is 4.62. The third-order valence-electron chi connectivity index (χ3n) is 4.86. The lowest BCUT2D eigenvalue weighted by molar-refractivity contribution is -0.161. The van der Waals surface area contributed by atoms with Crippen LogP contribution in [-0.4, -0.2) is 32.5 Å². The predicted molar refractivity (Wildman–Crippen MR) is 128 cm³/mol. The molecule has 0 saturated heterocycles. The summed E-state index contributed by atoms with van der Waals surface area (Å²) < 4.78 is 29.3. The Bertz CT molecular complexity index is 1170. The Morgan fingerprint density at radius 2 is 1.94 bits per heavy atom. The van der Waals surface area contributed by atoms with E-state index in [0.29, 0.717) is 23.4 Å². The predicted octanol–water partition coefficient (Wildman–Crippen LogP) is 5.19. The Morgan fingerprint density at radius 1 is 1.21 bits per heavy atom. The molecular formula is C23H25BrFN3O4S. The van der Waals surface area contributed by atoms with E-state index in [0.717, 1.165) is 4.47 Å². The number of hydrogen-bond acceptors (Lipinski definition) is 6. The van der Waals surface area contributed by atoms with Crippen LogP contribution >= 0.6 is 27.7 Å². The molecular weight excluding hydrogens is 513 g/mol. The number of rotatable bonds is 10. The molecule has 0 radical (unpaired) electrons. The highest BCUT2D eigenvalue weighted by atomic mass is 79.9. The highest BCUT2D eigenvalue weighted by molar-refractivity contribution is 9.10. The van der Waals surface area contributed by atoms with Gasteiger partial charge < -0.3 is 9.47 Å². The van der Waals surface area contributed by atoms with E-state index in [1.165, 1.54) is 39.5 Å². The van der Waals surface area contributed by atoms with E-state index in [4.69, 9.17) is 9.47 Å².